The standard InChI is InChI=1S/C13H21N5OS/c1-9(2)6-15-7-10-12(17(3)8-11(14)19)16-13-18(10)4-5-20-13/h4-5,9,15H,6-8H2,1-3H3,(H2,14,19). The minimum atomic E-state index is -0.357. The zero-order valence-corrected chi connectivity index (χ0v) is 12.9. The zero-order chi connectivity index (χ0) is 14.7. The number of aromatic nitrogens is 2. The average molecular weight is 295 g/mol. The molecule has 2 rings (SSSR count). The summed E-state index contributed by atoms with van der Waals surface area (Å²) in [6.45, 7) is 6.17. The highest BCUT2D eigenvalue weighted by molar-refractivity contribution is 7.15. The first-order chi connectivity index (χ1) is 9.49. The number of thiazole rings is 1. The Morgan fingerprint density at radius 1 is 1.60 bits per heavy atom. The highest BCUT2D eigenvalue weighted by Crippen LogP contribution is 2.23. The summed E-state index contributed by atoms with van der Waals surface area (Å²) >= 11 is 1.58. The van der Waals surface area contributed by atoms with Gasteiger partial charge in [-0.2, -0.15) is 0 Å². The van der Waals surface area contributed by atoms with Crippen LogP contribution >= 0.6 is 11.3 Å². The van der Waals surface area contributed by atoms with Crippen molar-refractivity contribution in [2.45, 2.75) is 20.4 Å². The van der Waals surface area contributed by atoms with Gasteiger partial charge in [0.05, 0.1) is 12.2 Å². The molecule has 0 fully saturated rings. The molecule has 0 atom stereocenters. The van der Waals surface area contributed by atoms with E-state index in [4.69, 9.17) is 5.73 Å². The van der Waals surface area contributed by atoms with Crippen molar-refractivity contribution in [2.75, 3.05) is 25.0 Å². The van der Waals surface area contributed by atoms with E-state index in [1.807, 2.05) is 18.6 Å². The van der Waals surface area contributed by atoms with E-state index in [2.05, 4.69) is 28.5 Å². The predicted molar refractivity (Wildman–Crippen MR) is 82.1 cm³/mol. The molecule has 0 aliphatic carbocycles. The van der Waals surface area contributed by atoms with E-state index in [9.17, 15) is 4.79 Å². The van der Waals surface area contributed by atoms with Crippen molar-refractivity contribution >= 4 is 28.0 Å². The number of likely N-dealkylation sites (N-methyl/N-ethyl adjacent to an activating group) is 1. The molecular weight excluding hydrogens is 274 g/mol. The van der Waals surface area contributed by atoms with Gasteiger partial charge < -0.3 is 16.0 Å². The Kier molecular flexibility index (Phi) is 4.61. The lowest BCUT2D eigenvalue weighted by atomic mass is 10.2. The van der Waals surface area contributed by atoms with Gasteiger partial charge in [0.1, 0.15) is 0 Å². The van der Waals surface area contributed by atoms with Crippen molar-refractivity contribution < 1.29 is 4.79 Å². The number of carbonyl (C=O) groups excluding carboxylic acids is 1. The highest BCUT2D eigenvalue weighted by atomic mass is 32.1. The van der Waals surface area contributed by atoms with Gasteiger partial charge in [0.2, 0.25) is 5.91 Å². The zero-order valence-electron chi connectivity index (χ0n) is 12.1. The lowest BCUT2D eigenvalue weighted by Crippen LogP contribution is -2.32. The third kappa shape index (κ3) is 3.29. The number of rotatable bonds is 7. The summed E-state index contributed by atoms with van der Waals surface area (Å²) in [5.74, 6) is 1.05. The van der Waals surface area contributed by atoms with Gasteiger partial charge in [0.25, 0.3) is 0 Å². The number of primary amides is 1. The number of fused-ring (bicyclic) bond motifs is 1. The van der Waals surface area contributed by atoms with Gasteiger partial charge in [-0.3, -0.25) is 9.20 Å². The maximum absolute atomic E-state index is 11.1. The van der Waals surface area contributed by atoms with Crippen molar-refractivity contribution in [3.63, 3.8) is 0 Å². The van der Waals surface area contributed by atoms with Crippen molar-refractivity contribution in [3.05, 3.63) is 17.3 Å². The van der Waals surface area contributed by atoms with Crippen LogP contribution in [0.5, 0.6) is 0 Å². The van der Waals surface area contributed by atoms with E-state index >= 15 is 0 Å². The molecule has 2 aromatic heterocycles. The SMILES string of the molecule is CC(C)CNCc1c(N(C)CC(N)=O)nc2sccn12. The van der Waals surface area contributed by atoms with Crippen molar-refractivity contribution in [1.29, 1.82) is 0 Å². The Hall–Kier alpha value is -1.60. The molecule has 6 nitrogen and oxygen atoms in total. The number of imidazole rings is 1. The Bertz CT molecular complexity index is 589. The minimum Gasteiger partial charge on any atom is -0.368 e. The second-order valence-electron chi connectivity index (χ2n) is 5.28. The molecule has 2 aromatic rings. The first-order valence-corrected chi connectivity index (χ1v) is 7.51. The first kappa shape index (κ1) is 14.8. The second-order valence-corrected chi connectivity index (χ2v) is 6.16. The third-order valence-electron chi connectivity index (χ3n) is 2.94. The topological polar surface area (TPSA) is 75.7 Å². The number of hydrogen-bond acceptors (Lipinski definition) is 5. The smallest absolute Gasteiger partial charge is 0.236 e. The molecule has 0 radical (unpaired) electrons. The second kappa shape index (κ2) is 6.23. The van der Waals surface area contributed by atoms with Crippen molar-refractivity contribution in [2.24, 2.45) is 11.7 Å². The fourth-order valence-corrected chi connectivity index (χ4v) is 2.81. The fourth-order valence-electron chi connectivity index (χ4n) is 2.08. The van der Waals surface area contributed by atoms with E-state index < -0.39 is 0 Å². The molecule has 3 N–H and O–H groups in total. The lowest BCUT2D eigenvalue weighted by molar-refractivity contribution is -0.116. The summed E-state index contributed by atoms with van der Waals surface area (Å²) in [6, 6.07) is 0. The number of carbonyl (C=O) groups is 1. The van der Waals surface area contributed by atoms with E-state index in [1.165, 1.54) is 0 Å². The molecule has 1 amide bonds. The van der Waals surface area contributed by atoms with E-state index in [1.54, 1.807) is 16.2 Å². The number of nitrogens with two attached hydrogens (primary N) is 1. The molecule has 0 unspecified atom stereocenters. The first-order valence-electron chi connectivity index (χ1n) is 6.63. The van der Waals surface area contributed by atoms with E-state index in [-0.39, 0.29) is 12.5 Å². The van der Waals surface area contributed by atoms with Gasteiger partial charge in [-0.05, 0) is 12.5 Å². The van der Waals surface area contributed by atoms with Crippen LogP contribution in [0.3, 0.4) is 0 Å². The fraction of sp³-hybridized carbons (Fsp3) is 0.538. The van der Waals surface area contributed by atoms with Gasteiger partial charge in [0.15, 0.2) is 10.8 Å². The Morgan fingerprint density at radius 3 is 3.00 bits per heavy atom. The molecule has 2 heterocycles. The Morgan fingerprint density at radius 2 is 2.35 bits per heavy atom. The molecule has 0 bridgehead atoms. The number of nitrogens with one attached hydrogen (secondary N) is 1. The summed E-state index contributed by atoms with van der Waals surface area (Å²) in [6.07, 6.45) is 2.00. The quantitative estimate of drug-likeness (QED) is 0.801. The number of anilines is 1. The van der Waals surface area contributed by atoms with Crippen LogP contribution in [0.1, 0.15) is 19.5 Å². The summed E-state index contributed by atoms with van der Waals surface area (Å²) in [7, 11) is 1.84. The summed E-state index contributed by atoms with van der Waals surface area (Å²) in [5.41, 5.74) is 6.32. The Balaban J connectivity index is 2.23. The number of hydrogen-bond donors (Lipinski definition) is 2. The van der Waals surface area contributed by atoms with Gasteiger partial charge in [-0.25, -0.2) is 4.98 Å². The third-order valence-corrected chi connectivity index (χ3v) is 3.70. The molecule has 20 heavy (non-hydrogen) atoms. The normalized spacial score (nSPS) is 11.4. The van der Waals surface area contributed by atoms with Gasteiger partial charge in [0, 0.05) is 25.2 Å². The molecule has 0 aromatic carbocycles. The lowest BCUT2D eigenvalue weighted by Gasteiger charge is -2.17. The average Bonchev–Trinajstić information content (AvgIpc) is 2.89. The van der Waals surface area contributed by atoms with E-state index in [0.717, 1.165) is 23.0 Å². The summed E-state index contributed by atoms with van der Waals surface area (Å²) < 4.78 is 2.06. The highest BCUT2D eigenvalue weighted by Gasteiger charge is 2.17. The Labute approximate surface area is 122 Å². The van der Waals surface area contributed by atoms with Crippen LogP contribution in [-0.4, -0.2) is 35.4 Å². The van der Waals surface area contributed by atoms with Crippen LogP contribution in [0, 0.1) is 5.92 Å². The van der Waals surface area contributed by atoms with E-state index in [0.29, 0.717) is 12.5 Å². The molecule has 110 valence electrons. The minimum absolute atomic E-state index is 0.169. The maximum Gasteiger partial charge on any atom is 0.236 e. The molecular formula is C13H21N5OS. The number of amides is 1. The molecule has 0 aliphatic rings. The van der Waals surface area contributed by atoms with Crippen LogP contribution in [-0.2, 0) is 11.3 Å². The summed E-state index contributed by atoms with van der Waals surface area (Å²) in [5, 5.41) is 5.42. The van der Waals surface area contributed by atoms with Gasteiger partial charge in [-0.1, -0.05) is 13.8 Å². The van der Waals surface area contributed by atoms with Gasteiger partial charge in [-0.15, -0.1) is 11.3 Å². The largest absolute Gasteiger partial charge is 0.368 e. The maximum atomic E-state index is 11.1. The van der Waals surface area contributed by atoms with Crippen molar-refractivity contribution in [1.82, 2.24) is 14.7 Å². The molecule has 0 saturated heterocycles. The summed E-state index contributed by atoms with van der Waals surface area (Å²) in [4.78, 5) is 18.4. The van der Waals surface area contributed by atoms with Crippen LogP contribution in [0.2, 0.25) is 0 Å². The molecule has 0 saturated carbocycles. The van der Waals surface area contributed by atoms with Crippen LogP contribution in [0.25, 0.3) is 4.96 Å². The predicted octanol–water partition coefficient (Wildman–Crippen LogP) is 1.06. The molecule has 0 aliphatic heterocycles. The van der Waals surface area contributed by atoms with Crippen LogP contribution < -0.4 is 16.0 Å². The molecule has 7 heteroatoms. The van der Waals surface area contributed by atoms with Crippen molar-refractivity contribution in [3.8, 4) is 0 Å². The van der Waals surface area contributed by atoms with Gasteiger partial charge >= 0.3 is 0 Å². The molecule has 0 spiro atoms. The van der Waals surface area contributed by atoms with Crippen LogP contribution in [0.15, 0.2) is 11.6 Å². The number of nitrogens with zero attached hydrogens (tertiary/aromatic N) is 3. The monoisotopic (exact) mass is 295 g/mol. The van der Waals surface area contributed by atoms with Crippen LogP contribution in [0.4, 0.5) is 5.82 Å².